The van der Waals surface area contributed by atoms with Crippen LogP contribution in [-0.4, -0.2) is 22.7 Å². The van der Waals surface area contributed by atoms with Crippen molar-refractivity contribution in [1.82, 2.24) is 0 Å². The molecule has 6 heteroatoms. The number of anilines is 2. The normalized spacial score (nSPS) is 25.4. The molecule has 2 aliphatic rings. The van der Waals surface area contributed by atoms with E-state index in [4.69, 9.17) is 23.2 Å². The maximum Gasteiger partial charge on any atom is 0.233 e. The van der Waals surface area contributed by atoms with Gasteiger partial charge in [-0.3, -0.25) is 9.59 Å². The zero-order valence-electron chi connectivity index (χ0n) is 11.9. The molecule has 1 aliphatic carbocycles. The topological polar surface area (TPSA) is 49.4 Å². The molecule has 1 atom stereocenters. The van der Waals surface area contributed by atoms with Crippen LogP contribution < -0.4 is 10.2 Å². The molecule has 0 saturated heterocycles. The standard InChI is InChI=1S/C15H16Cl2N2O2/c1-9(20)19-6-5-10-7-11(3-4-12(10)19)18-13(21)14(2)8-15(14,16)17/h3-4,7H,5-6,8H2,1-2H3,(H,18,21). The number of nitrogens with one attached hydrogen (secondary N) is 1. The Kier molecular flexibility index (Phi) is 3.22. The van der Waals surface area contributed by atoms with E-state index in [2.05, 4.69) is 5.32 Å². The first-order valence-corrected chi connectivity index (χ1v) is 7.60. The number of rotatable bonds is 2. The van der Waals surface area contributed by atoms with E-state index in [-0.39, 0.29) is 11.8 Å². The van der Waals surface area contributed by atoms with Gasteiger partial charge in [-0.15, -0.1) is 23.2 Å². The highest BCUT2D eigenvalue weighted by molar-refractivity contribution is 6.53. The monoisotopic (exact) mass is 326 g/mol. The number of carbonyl (C=O) groups is 2. The van der Waals surface area contributed by atoms with Crippen molar-refractivity contribution in [2.24, 2.45) is 5.41 Å². The lowest BCUT2D eigenvalue weighted by atomic mass is 10.1. The first-order chi connectivity index (χ1) is 9.74. The highest BCUT2D eigenvalue weighted by atomic mass is 35.5. The number of carbonyl (C=O) groups excluding carboxylic acids is 2. The first kappa shape index (κ1) is 14.7. The summed E-state index contributed by atoms with van der Waals surface area (Å²) in [5.74, 6) is -0.140. The van der Waals surface area contributed by atoms with Crippen LogP contribution in [0.15, 0.2) is 18.2 Å². The van der Waals surface area contributed by atoms with Gasteiger partial charge in [0.1, 0.15) is 4.33 Å². The first-order valence-electron chi connectivity index (χ1n) is 6.85. The predicted octanol–water partition coefficient (Wildman–Crippen LogP) is 3.12. The third-order valence-electron chi connectivity index (χ3n) is 4.37. The number of fused-ring (bicyclic) bond motifs is 1. The summed E-state index contributed by atoms with van der Waals surface area (Å²) in [6, 6.07) is 5.57. The zero-order valence-corrected chi connectivity index (χ0v) is 13.4. The summed E-state index contributed by atoms with van der Waals surface area (Å²) in [6.07, 6.45) is 1.25. The van der Waals surface area contributed by atoms with E-state index in [1.54, 1.807) is 24.8 Å². The number of hydrogen-bond acceptors (Lipinski definition) is 2. The molecule has 1 aromatic rings. The Hall–Kier alpha value is -1.26. The van der Waals surface area contributed by atoms with E-state index >= 15 is 0 Å². The van der Waals surface area contributed by atoms with Crippen LogP contribution >= 0.6 is 23.2 Å². The van der Waals surface area contributed by atoms with Gasteiger partial charge in [-0.1, -0.05) is 0 Å². The minimum absolute atomic E-state index is 0.0325. The molecule has 1 saturated carbocycles. The van der Waals surface area contributed by atoms with Crippen molar-refractivity contribution in [3.05, 3.63) is 23.8 Å². The molecule has 1 unspecified atom stereocenters. The van der Waals surface area contributed by atoms with Crippen LogP contribution in [0.4, 0.5) is 11.4 Å². The lowest BCUT2D eigenvalue weighted by Gasteiger charge is -2.16. The molecular formula is C15H16Cl2N2O2. The number of nitrogens with zero attached hydrogens (tertiary/aromatic N) is 1. The van der Waals surface area contributed by atoms with Gasteiger partial charge < -0.3 is 10.2 Å². The van der Waals surface area contributed by atoms with Crippen molar-refractivity contribution < 1.29 is 9.59 Å². The average Bonchev–Trinajstić information content (AvgIpc) is 2.76. The molecule has 1 aliphatic heterocycles. The number of halogens is 2. The Bertz CT molecular complexity index is 645. The minimum atomic E-state index is -0.973. The smallest absolute Gasteiger partial charge is 0.233 e. The van der Waals surface area contributed by atoms with Gasteiger partial charge >= 0.3 is 0 Å². The van der Waals surface area contributed by atoms with E-state index in [9.17, 15) is 9.59 Å². The Morgan fingerprint density at radius 1 is 1.33 bits per heavy atom. The molecule has 4 nitrogen and oxygen atoms in total. The van der Waals surface area contributed by atoms with Crippen LogP contribution in [0.25, 0.3) is 0 Å². The van der Waals surface area contributed by atoms with Gasteiger partial charge in [-0.25, -0.2) is 0 Å². The SMILES string of the molecule is CC(=O)N1CCc2cc(NC(=O)C3(C)CC3(Cl)Cl)ccc21. The van der Waals surface area contributed by atoms with E-state index in [1.165, 1.54) is 0 Å². The molecule has 0 bridgehead atoms. The van der Waals surface area contributed by atoms with Gasteiger partial charge in [0.15, 0.2) is 0 Å². The molecule has 1 aromatic carbocycles. The fourth-order valence-corrected chi connectivity index (χ4v) is 3.43. The predicted molar refractivity (Wildman–Crippen MR) is 84.0 cm³/mol. The maximum absolute atomic E-state index is 12.2. The average molecular weight is 327 g/mol. The second-order valence-electron chi connectivity index (χ2n) is 5.93. The number of amides is 2. The largest absolute Gasteiger partial charge is 0.326 e. The van der Waals surface area contributed by atoms with Crippen LogP contribution in [0.3, 0.4) is 0 Å². The molecular weight excluding hydrogens is 311 g/mol. The molecule has 2 amide bonds. The lowest BCUT2D eigenvalue weighted by Crippen LogP contribution is -2.26. The number of hydrogen-bond donors (Lipinski definition) is 1. The molecule has 0 radical (unpaired) electrons. The van der Waals surface area contributed by atoms with E-state index < -0.39 is 9.75 Å². The maximum atomic E-state index is 12.2. The van der Waals surface area contributed by atoms with Crippen LogP contribution in [0.2, 0.25) is 0 Å². The Labute approximate surface area is 133 Å². The minimum Gasteiger partial charge on any atom is -0.326 e. The highest BCUT2D eigenvalue weighted by Gasteiger charge is 2.67. The van der Waals surface area contributed by atoms with Gasteiger partial charge in [0.2, 0.25) is 11.8 Å². The third kappa shape index (κ3) is 2.30. The van der Waals surface area contributed by atoms with Gasteiger partial charge in [-0.2, -0.15) is 0 Å². The molecule has 1 heterocycles. The molecule has 1 N–H and O–H groups in total. The summed E-state index contributed by atoms with van der Waals surface area (Å²) in [5.41, 5.74) is 1.95. The fourth-order valence-electron chi connectivity index (χ4n) is 2.72. The van der Waals surface area contributed by atoms with E-state index in [0.717, 1.165) is 17.7 Å². The molecule has 0 aromatic heterocycles. The van der Waals surface area contributed by atoms with Crippen LogP contribution in [-0.2, 0) is 16.0 Å². The van der Waals surface area contributed by atoms with Crippen molar-refractivity contribution in [3.8, 4) is 0 Å². The van der Waals surface area contributed by atoms with Crippen LogP contribution in [0.5, 0.6) is 0 Å². The third-order valence-corrected chi connectivity index (χ3v) is 5.47. The summed E-state index contributed by atoms with van der Waals surface area (Å²) >= 11 is 12.0. The fraction of sp³-hybridized carbons (Fsp3) is 0.467. The second kappa shape index (κ2) is 4.62. The highest BCUT2D eigenvalue weighted by Crippen LogP contribution is 2.64. The van der Waals surface area contributed by atoms with Crippen molar-refractivity contribution in [3.63, 3.8) is 0 Å². The molecule has 0 spiro atoms. The molecule has 1 fully saturated rings. The van der Waals surface area contributed by atoms with Gasteiger partial charge in [-0.05, 0) is 43.5 Å². The van der Waals surface area contributed by atoms with Crippen molar-refractivity contribution >= 4 is 46.4 Å². The quantitative estimate of drug-likeness (QED) is 0.849. The van der Waals surface area contributed by atoms with Crippen molar-refractivity contribution in [2.45, 2.75) is 31.0 Å². The summed E-state index contributed by atoms with van der Waals surface area (Å²) in [7, 11) is 0. The van der Waals surface area contributed by atoms with Gasteiger partial charge in [0.25, 0.3) is 0 Å². The summed E-state index contributed by atoms with van der Waals surface area (Å²) in [5, 5.41) is 2.86. The Morgan fingerprint density at radius 2 is 2.00 bits per heavy atom. The van der Waals surface area contributed by atoms with Crippen molar-refractivity contribution in [1.29, 1.82) is 0 Å². The molecule has 21 heavy (non-hydrogen) atoms. The molecule has 112 valence electrons. The Balaban J connectivity index is 1.77. The summed E-state index contributed by atoms with van der Waals surface area (Å²) in [6.45, 7) is 4.00. The van der Waals surface area contributed by atoms with Crippen LogP contribution in [0.1, 0.15) is 25.8 Å². The van der Waals surface area contributed by atoms with E-state index in [1.807, 2.05) is 12.1 Å². The van der Waals surface area contributed by atoms with Crippen LogP contribution in [0, 0.1) is 5.41 Å². The lowest BCUT2D eigenvalue weighted by molar-refractivity contribution is -0.120. The van der Waals surface area contributed by atoms with E-state index in [0.29, 0.717) is 18.7 Å². The summed E-state index contributed by atoms with van der Waals surface area (Å²) < 4.78 is -0.973. The van der Waals surface area contributed by atoms with Gasteiger partial charge in [0, 0.05) is 24.8 Å². The molecule has 3 rings (SSSR count). The Morgan fingerprint density at radius 3 is 2.57 bits per heavy atom. The van der Waals surface area contributed by atoms with Crippen molar-refractivity contribution in [2.75, 3.05) is 16.8 Å². The van der Waals surface area contributed by atoms with Gasteiger partial charge in [0.05, 0.1) is 5.41 Å². The number of benzene rings is 1. The second-order valence-corrected chi connectivity index (χ2v) is 7.42. The summed E-state index contributed by atoms with van der Waals surface area (Å²) in [4.78, 5) is 25.5. The zero-order chi connectivity index (χ0) is 15.4. The number of alkyl halides is 2.